The Balaban J connectivity index is 0.646. The van der Waals surface area contributed by atoms with E-state index in [2.05, 4.69) is 141 Å². The fraction of sp³-hybridized carbons (Fsp3) is 0.222. The fourth-order valence-corrected chi connectivity index (χ4v) is 8.14. The molecule has 0 fully saturated rings. The molecule has 8 aromatic carbocycles. The van der Waals surface area contributed by atoms with Crippen LogP contribution < -0.4 is 31.9 Å². The van der Waals surface area contributed by atoms with Crippen LogP contribution in [0.2, 0.25) is 0 Å². The van der Waals surface area contributed by atoms with Gasteiger partial charge >= 0.3 is 0 Å². The molecule has 0 bridgehead atoms. The molecule has 284 valence electrons. The zero-order valence-corrected chi connectivity index (χ0v) is 33.5. The quantitative estimate of drug-likeness (QED) is 0.0332. The van der Waals surface area contributed by atoms with E-state index in [9.17, 15) is 0 Å². The lowest BCUT2D eigenvalue weighted by atomic mass is 9.92. The van der Waals surface area contributed by atoms with Crippen molar-refractivity contribution in [2.45, 2.75) is 13.1 Å². The molecule has 11 heteroatoms. The molecule has 8 rings (SSSR count). The van der Waals surface area contributed by atoms with Crippen molar-refractivity contribution in [3.63, 3.8) is 0 Å². The molecule has 0 aliphatic heterocycles. The summed E-state index contributed by atoms with van der Waals surface area (Å²) in [6.07, 6.45) is 0. The normalized spacial score (nSPS) is 11.6. The number of hydrogen-bond acceptors (Lipinski definition) is 5. The average molecular weight is 797 g/mol. The predicted octanol–water partition coefficient (Wildman–Crippen LogP) is 7.61. The Kier molecular flexibility index (Phi) is 12.0. The molecule has 0 saturated carbocycles. The number of ether oxygens (including phenoxy) is 2. The molecule has 0 amide bonds. The van der Waals surface area contributed by atoms with E-state index in [1.54, 1.807) is 0 Å². The Morgan fingerprint density at radius 3 is 1.04 bits per heavy atom. The summed E-state index contributed by atoms with van der Waals surface area (Å²) in [5.41, 5.74) is 2.44. The van der Waals surface area contributed by atoms with Gasteiger partial charge in [-0.1, -0.05) is 109 Å². The second-order valence-corrected chi connectivity index (χ2v) is 15.0. The summed E-state index contributed by atoms with van der Waals surface area (Å²) >= 11 is 16.5. The van der Waals surface area contributed by atoms with Crippen LogP contribution in [0.25, 0.3) is 64.6 Å². The van der Waals surface area contributed by atoms with E-state index in [1.807, 2.05) is 0 Å². The lowest BCUT2D eigenvalue weighted by Gasteiger charge is -2.16. The monoisotopic (exact) mass is 796 g/mol. The second-order valence-electron chi connectivity index (χ2n) is 13.8. The molecule has 0 aromatic heterocycles. The fourth-order valence-electron chi connectivity index (χ4n) is 7.59. The summed E-state index contributed by atoms with van der Waals surface area (Å²) < 4.78 is 11.5. The van der Waals surface area contributed by atoms with Crippen LogP contribution in [0.4, 0.5) is 0 Å². The highest BCUT2D eigenvalue weighted by Gasteiger charge is 2.12. The first kappa shape index (κ1) is 37.7. The van der Waals surface area contributed by atoms with Crippen LogP contribution in [0.5, 0.6) is 0 Å². The molecule has 0 radical (unpaired) electrons. The topological polar surface area (TPSA) is 90.6 Å². The van der Waals surface area contributed by atoms with Crippen molar-refractivity contribution in [3.05, 3.63) is 120 Å². The van der Waals surface area contributed by atoms with Crippen LogP contribution in [0.15, 0.2) is 109 Å². The lowest BCUT2D eigenvalue weighted by Crippen LogP contribution is -2.40. The van der Waals surface area contributed by atoms with Gasteiger partial charge in [0.1, 0.15) is 0 Å². The lowest BCUT2D eigenvalue weighted by molar-refractivity contribution is 0.141. The van der Waals surface area contributed by atoms with Crippen molar-refractivity contribution in [1.29, 1.82) is 0 Å². The number of hydrogen-bond donors (Lipinski definition) is 6. The molecule has 8 nitrogen and oxygen atoms in total. The van der Waals surface area contributed by atoms with Crippen molar-refractivity contribution in [1.82, 2.24) is 31.9 Å². The molecule has 6 N–H and O–H groups in total. The zero-order chi connectivity index (χ0) is 38.3. The van der Waals surface area contributed by atoms with E-state index in [-0.39, 0.29) is 0 Å². The first-order valence-corrected chi connectivity index (χ1v) is 20.3. The first-order chi connectivity index (χ1) is 27.5. The Morgan fingerprint density at radius 2 is 0.661 bits per heavy atom. The highest BCUT2D eigenvalue weighted by Crippen LogP contribution is 2.37. The molecule has 0 unspecified atom stereocenters. The molecule has 8 aromatic rings. The van der Waals surface area contributed by atoms with Crippen LogP contribution in [0.3, 0.4) is 0 Å². The summed E-state index contributed by atoms with van der Waals surface area (Å²) in [6, 6.07) is 39.4. The molecule has 0 saturated heterocycles. The van der Waals surface area contributed by atoms with Gasteiger partial charge < -0.3 is 41.4 Å². The minimum Gasteiger partial charge on any atom is -0.378 e. The molecule has 0 atom stereocenters. The number of benzene rings is 8. The van der Waals surface area contributed by atoms with Crippen molar-refractivity contribution in [2.24, 2.45) is 0 Å². The maximum absolute atomic E-state index is 5.75. The van der Waals surface area contributed by atoms with Gasteiger partial charge in [-0.15, -0.1) is 0 Å². The van der Waals surface area contributed by atoms with Gasteiger partial charge in [-0.25, -0.2) is 0 Å². The third-order valence-corrected chi connectivity index (χ3v) is 11.1. The van der Waals surface area contributed by atoms with E-state index in [1.165, 1.54) is 75.8 Å². The van der Waals surface area contributed by atoms with Gasteiger partial charge in [0, 0.05) is 39.3 Å². The van der Waals surface area contributed by atoms with Crippen LogP contribution in [-0.4, -0.2) is 67.9 Å². The van der Waals surface area contributed by atoms with Crippen molar-refractivity contribution in [3.8, 4) is 0 Å². The van der Waals surface area contributed by atoms with E-state index in [0.717, 1.165) is 0 Å². The molecule has 0 spiro atoms. The molecule has 0 aliphatic rings. The Hall–Kier alpha value is -5.17. The standard InChI is InChI=1S/C45H44N6O2S3/c54-43(46-19-23-52-25-21-48-44(55)50-27-35-13-11-33-9-7-29-3-1-5-31-15-17-37(35)41(33)39(29)31)47-20-24-53-26-22-49-45(56)51-28-36-14-12-34-10-8-30-4-2-6-32-16-18-38(36)42(34)40(30)32/h1-18H,19-28H2,(H2,46,47,54)(H2,48,50,55)(H2,49,51,56). The Labute approximate surface area is 342 Å². The first-order valence-electron chi connectivity index (χ1n) is 19.0. The molecular formula is C45H44N6O2S3. The van der Waals surface area contributed by atoms with Crippen LogP contribution in [0.1, 0.15) is 11.1 Å². The second kappa shape index (κ2) is 17.7. The summed E-state index contributed by atoms with van der Waals surface area (Å²) in [4.78, 5) is 0. The summed E-state index contributed by atoms with van der Waals surface area (Å²) in [7, 11) is 0. The van der Waals surface area contributed by atoms with E-state index < -0.39 is 0 Å². The van der Waals surface area contributed by atoms with Crippen molar-refractivity contribution in [2.75, 3.05) is 52.6 Å². The maximum Gasteiger partial charge on any atom is 0.166 e. The third-order valence-electron chi connectivity index (χ3n) is 10.2. The predicted molar refractivity (Wildman–Crippen MR) is 245 cm³/mol. The van der Waals surface area contributed by atoms with Gasteiger partial charge in [-0.3, -0.25) is 0 Å². The van der Waals surface area contributed by atoms with E-state index in [4.69, 9.17) is 46.1 Å². The van der Waals surface area contributed by atoms with Crippen LogP contribution in [-0.2, 0) is 22.6 Å². The third kappa shape index (κ3) is 8.47. The molecule has 56 heavy (non-hydrogen) atoms. The van der Waals surface area contributed by atoms with Gasteiger partial charge in [0.25, 0.3) is 0 Å². The summed E-state index contributed by atoms with van der Waals surface area (Å²) in [5, 5.41) is 36.7. The average Bonchev–Trinajstić information content (AvgIpc) is 3.23. The molecular weight excluding hydrogens is 753 g/mol. The van der Waals surface area contributed by atoms with Gasteiger partial charge in [0.05, 0.1) is 26.4 Å². The summed E-state index contributed by atoms with van der Waals surface area (Å²) in [5.74, 6) is 0. The SMILES string of the molecule is S=C(NCCOCCNC(=S)NCc1ccc2ccc3cccc4ccc1c2c34)NCCOCCNC(=S)NCc1ccc2ccc3cccc4ccc1c2c34. The maximum atomic E-state index is 5.75. The minimum absolute atomic E-state index is 0.527. The van der Waals surface area contributed by atoms with Crippen molar-refractivity contribution >= 4 is 117 Å². The van der Waals surface area contributed by atoms with Gasteiger partial charge in [-0.05, 0) is 112 Å². The molecule has 0 heterocycles. The van der Waals surface area contributed by atoms with E-state index >= 15 is 0 Å². The minimum atomic E-state index is 0.527. The number of nitrogens with one attached hydrogen (secondary N) is 6. The van der Waals surface area contributed by atoms with Crippen molar-refractivity contribution < 1.29 is 9.47 Å². The van der Waals surface area contributed by atoms with Gasteiger partial charge in [0.15, 0.2) is 15.3 Å². The number of thiocarbonyl (C=S) groups is 3. The Bertz CT molecular complexity index is 2440. The Morgan fingerprint density at radius 1 is 0.357 bits per heavy atom. The largest absolute Gasteiger partial charge is 0.378 e. The zero-order valence-electron chi connectivity index (χ0n) is 31.0. The summed E-state index contributed by atoms with van der Waals surface area (Å²) in [6.45, 7) is 5.84. The van der Waals surface area contributed by atoms with E-state index in [0.29, 0.717) is 81.0 Å². The van der Waals surface area contributed by atoms with Crippen LogP contribution in [0, 0.1) is 0 Å². The van der Waals surface area contributed by atoms with Gasteiger partial charge in [-0.2, -0.15) is 0 Å². The smallest absolute Gasteiger partial charge is 0.166 e. The highest BCUT2D eigenvalue weighted by molar-refractivity contribution is 7.80. The van der Waals surface area contributed by atoms with Crippen LogP contribution >= 0.6 is 36.7 Å². The number of rotatable bonds is 16. The molecule has 0 aliphatic carbocycles. The van der Waals surface area contributed by atoms with Gasteiger partial charge in [0.2, 0.25) is 0 Å². The highest BCUT2D eigenvalue weighted by atomic mass is 32.1.